The third-order valence-corrected chi connectivity index (χ3v) is 9.17. The standard InChI is InChI=1S/C26H43FN4O4/c1-17-5-6-22(27)21-16-23(29-24(17)21)25(32)28-18-3-2-4-19(15-18)30-9-11-31(12-10-30)26(33)35-20-7-13-34-14-8-20/h17-24,29H,2-16H2,1H3,(H,28,32)/t17?,18-,19-,21?,22?,23?,24?/m1/s1. The largest absolute Gasteiger partial charge is 0.446 e. The Labute approximate surface area is 208 Å². The Kier molecular flexibility index (Phi) is 8.14. The minimum atomic E-state index is -0.784. The monoisotopic (exact) mass is 494 g/mol. The van der Waals surface area contributed by atoms with Crippen molar-refractivity contribution in [2.45, 2.75) is 101 Å². The Morgan fingerprint density at radius 3 is 2.51 bits per heavy atom. The number of amides is 2. The molecule has 7 atom stereocenters. The molecule has 2 N–H and O–H groups in total. The summed E-state index contributed by atoms with van der Waals surface area (Å²) in [5, 5.41) is 6.76. The van der Waals surface area contributed by atoms with Crippen molar-refractivity contribution < 1.29 is 23.5 Å². The number of fused-ring (bicyclic) bond motifs is 1. The zero-order valence-electron chi connectivity index (χ0n) is 21.1. The van der Waals surface area contributed by atoms with Crippen LogP contribution in [0.2, 0.25) is 0 Å². The smallest absolute Gasteiger partial charge is 0.410 e. The van der Waals surface area contributed by atoms with Crippen molar-refractivity contribution >= 4 is 12.0 Å². The molecule has 5 unspecified atom stereocenters. The zero-order valence-corrected chi connectivity index (χ0v) is 21.1. The van der Waals surface area contributed by atoms with Gasteiger partial charge in [-0.05, 0) is 50.9 Å². The maximum atomic E-state index is 14.4. The van der Waals surface area contributed by atoms with Gasteiger partial charge in [0.1, 0.15) is 12.3 Å². The van der Waals surface area contributed by atoms with Gasteiger partial charge in [0.2, 0.25) is 5.91 Å². The molecule has 0 bridgehead atoms. The number of piperazine rings is 1. The van der Waals surface area contributed by atoms with Gasteiger partial charge in [-0.3, -0.25) is 9.69 Å². The highest BCUT2D eigenvalue weighted by Crippen LogP contribution is 2.38. The number of hydrogen-bond acceptors (Lipinski definition) is 6. The number of ether oxygens (including phenoxy) is 2. The van der Waals surface area contributed by atoms with E-state index in [1.165, 1.54) is 0 Å². The number of halogens is 1. The van der Waals surface area contributed by atoms with Crippen molar-refractivity contribution in [1.29, 1.82) is 0 Å². The fourth-order valence-electron chi connectivity index (χ4n) is 7.01. The summed E-state index contributed by atoms with van der Waals surface area (Å²) in [5.41, 5.74) is 0. The Bertz CT molecular complexity index is 725. The van der Waals surface area contributed by atoms with Gasteiger partial charge in [-0.25, -0.2) is 9.18 Å². The van der Waals surface area contributed by atoms with Gasteiger partial charge in [0, 0.05) is 63.1 Å². The third-order valence-electron chi connectivity index (χ3n) is 9.17. The van der Waals surface area contributed by atoms with Crippen LogP contribution < -0.4 is 10.6 Å². The van der Waals surface area contributed by atoms with Gasteiger partial charge < -0.3 is 25.0 Å². The first kappa shape index (κ1) is 25.2. The van der Waals surface area contributed by atoms with Gasteiger partial charge in [0.25, 0.3) is 0 Å². The topological polar surface area (TPSA) is 83.1 Å². The van der Waals surface area contributed by atoms with E-state index >= 15 is 0 Å². The van der Waals surface area contributed by atoms with Gasteiger partial charge in [0.05, 0.1) is 19.3 Å². The maximum Gasteiger partial charge on any atom is 0.410 e. The van der Waals surface area contributed by atoms with Crippen LogP contribution in [0.1, 0.15) is 64.7 Å². The Balaban J connectivity index is 1.06. The highest BCUT2D eigenvalue weighted by Gasteiger charge is 2.46. The minimum absolute atomic E-state index is 0.0192. The van der Waals surface area contributed by atoms with E-state index in [2.05, 4.69) is 22.5 Å². The van der Waals surface area contributed by atoms with Gasteiger partial charge >= 0.3 is 6.09 Å². The van der Waals surface area contributed by atoms with Crippen molar-refractivity contribution in [2.75, 3.05) is 39.4 Å². The van der Waals surface area contributed by atoms with Gasteiger partial charge in [-0.15, -0.1) is 0 Å². The highest BCUT2D eigenvalue weighted by molar-refractivity contribution is 5.82. The van der Waals surface area contributed by atoms with Crippen molar-refractivity contribution in [3.63, 3.8) is 0 Å². The molecule has 0 aromatic rings. The van der Waals surface area contributed by atoms with Gasteiger partial charge in [-0.1, -0.05) is 6.92 Å². The second kappa shape index (κ2) is 11.3. The molecule has 3 heterocycles. The van der Waals surface area contributed by atoms with Crippen molar-refractivity contribution in [1.82, 2.24) is 20.4 Å². The Hall–Kier alpha value is -1.45. The summed E-state index contributed by atoms with van der Waals surface area (Å²) in [4.78, 5) is 29.9. The van der Waals surface area contributed by atoms with Crippen LogP contribution in [0.4, 0.5) is 9.18 Å². The Morgan fingerprint density at radius 1 is 1.00 bits per heavy atom. The molecule has 0 radical (unpaired) electrons. The molecule has 2 aliphatic carbocycles. The molecule has 35 heavy (non-hydrogen) atoms. The van der Waals surface area contributed by atoms with Crippen LogP contribution in [0, 0.1) is 11.8 Å². The minimum Gasteiger partial charge on any atom is -0.446 e. The molecule has 3 saturated heterocycles. The quantitative estimate of drug-likeness (QED) is 0.625. The predicted molar refractivity (Wildman–Crippen MR) is 130 cm³/mol. The van der Waals surface area contributed by atoms with Crippen LogP contribution in [-0.4, -0.2) is 97.6 Å². The molecule has 5 rings (SSSR count). The van der Waals surface area contributed by atoms with E-state index in [0.717, 1.165) is 58.0 Å². The number of carbonyl (C=O) groups excluding carboxylic acids is 2. The summed E-state index contributed by atoms with van der Waals surface area (Å²) in [6.45, 7) is 6.57. The summed E-state index contributed by atoms with van der Waals surface area (Å²) < 4.78 is 25.5. The zero-order chi connectivity index (χ0) is 24.4. The molecular formula is C26H43FN4O4. The number of hydrogen-bond donors (Lipinski definition) is 2. The molecule has 3 aliphatic heterocycles. The summed E-state index contributed by atoms with van der Waals surface area (Å²) in [7, 11) is 0. The summed E-state index contributed by atoms with van der Waals surface area (Å²) in [6, 6.07) is 0.454. The van der Waals surface area contributed by atoms with Crippen LogP contribution in [0.5, 0.6) is 0 Å². The average Bonchev–Trinajstić information content (AvgIpc) is 3.35. The van der Waals surface area contributed by atoms with Crippen LogP contribution in [-0.2, 0) is 14.3 Å². The number of rotatable bonds is 4. The molecule has 0 spiro atoms. The lowest BCUT2D eigenvalue weighted by Crippen LogP contribution is -2.55. The number of alkyl halides is 1. The van der Waals surface area contributed by atoms with E-state index < -0.39 is 6.17 Å². The summed E-state index contributed by atoms with van der Waals surface area (Å²) in [5.74, 6) is 0.449. The van der Waals surface area contributed by atoms with Crippen molar-refractivity contribution in [2.24, 2.45) is 11.8 Å². The molecular weight excluding hydrogens is 451 g/mol. The third kappa shape index (κ3) is 5.93. The molecule has 5 fully saturated rings. The van der Waals surface area contributed by atoms with E-state index in [1.807, 2.05) is 4.90 Å². The molecule has 8 nitrogen and oxygen atoms in total. The molecule has 5 aliphatic rings. The van der Waals surface area contributed by atoms with Gasteiger partial charge in [-0.2, -0.15) is 0 Å². The second-order valence-electron chi connectivity index (χ2n) is 11.5. The van der Waals surface area contributed by atoms with E-state index in [4.69, 9.17) is 9.47 Å². The fraction of sp³-hybridized carbons (Fsp3) is 0.923. The van der Waals surface area contributed by atoms with Crippen LogP contribution in [0.25, 0.3) is 0 Å². The lowest BCUT2D eigenvalue weighted by atomic mass is 9.77. The maximum absolute atomic E-state index is 14.4. The summed E-state index contributed by atoms with van der Waals surface area (Å²) in [6.07, 6.45) is 6.88. The average molecular weight is 495 g/mol. The summed E-state index contributed by atoms with van der Waals surface area (Å²) >= 11 is 0. The molecule has 9 heteroatoms. The van der Waals surface area contributed by atoms with E-state index in [-0.39, 0.29) is 42.1 Å². The number of carbonyl (C=O) groups is 2. The Morgan fingerprint density at radius 2 is 1.77 bits per heavy atom. The molecule has 0 aromatic heterocycles. The van der Waals surface area contributed by atoms with Gasteiger partial charge in [0.15, 0.2) is 0 Å². The van der Waals surface area contributed by atoms with E-state index in [9.17, 15) is 14.0 Å². The lowest BCUT2D eigenvalue weighted by Gasteiger charge is -2.42. The van der Waals surface area contributed by atoms with E-state index in [0.29, 0.717) is 51.1 Å². The first-order chi connectivity index (χ1) is 17.0. The first-order valence-corrected chi connectivity index (χ1v) is 14.0. The first-order valence-electron chi connectivity index (χ1n) is 14.0. The van der Waals surface area contributed by atoms with Crippen LogP contribution in [0.15, 0.2) is 0 Å². The van der Waals surface area contributed by atoms with Crippen molar-refractivity contribution in [3.8, 4) is 0 Å². The SMILES string of the molecule is CC1CCC(F)C2CC(C(=O)N[C@@H]3CCC[C@@H](N4CCN(C(=O)OC5CCOCC5)CC4)C3)NC12. The number of nitrogens with one attached hydrogen (secondary N) is 2. The fourth-order valence-corrected chi connectivity index (χ4v) is 7.01. The number of nitrogens with zero attached hydrogens (tertiary/aromatic N) is 2. The second-order valence-corrected chi connectivity index (χ2v) is 11.5. The van der Waals surface area contributed by atoms with Crippen LogP contribution >= 0.6 is 0 Å². The normalized spacial score (nSPS) is 39.1. The van der Waals surface area contributed by atoms with Crippen LogP contribution in [0.3, 0.4) is 0 Å². The predicted octanol–water partition coefficient (Wildman–Crippen LogP) is 2.46. The molecule has 198 valence electrons. The molecule has 2 amide bonds. The molecule has 0 aromatic carbocycles. The van der Waals surface area contributed by atoms with E-state index in [1.54, 1.807) is 0 Å². The highest BCUT2D eigenvalue weighted by atomic mass is 19.1. The lowest BCUT2D eigenvalue weighted by molar-refractivity contribution is -0.124. The molecule has 2 saturated carbocycles. The van der Waals surface area contributed by atoms with Crippen molar-refractivity contribution in [3.05, 3.63) is 0 Å².